The molecule has 1 aliphatic rings. The van der Waals surface area contributed by atoms with Crippen molar-refractivity contribution in [1.82, 2.24) is 4.72 Å². The standard InChI is InChI=1S/C23H38FNO4S/c1-5-23(26,17-25-30(27,28)14-7-6-13-22(2,3)4)19-11-12-20(24)21(15-19)29-16-18-9-8-10-18/h11-12,15,18,25-26H,5-10,13-14,16-17H2,1-4H3/t23-/m1/s1. The monoisotopic (exact) mass is 443 g/mol. The van der Waals surface area contributed by atoms with E-state index in [9.17, 15) is 17.9 Å². The lowest BCUT2D eigenvalue weighted by atomic mass is 9.86. The van der Waals surface area contributed by atoms with Crippen LogP contribution in [0, 0.1) is 17.2 Å². The molecule has 0 aromatic heterocycles. The fourth-order valence-electron chi connectivity index (χ4n) is 3.45. The van der Waals surface area contributed by atoms with Gasteiger partial charge >= 0.3 is 0 Å². The lowest BCUT2D eigenvalue weighted by Crippen LogP contribution is -2.41. The van der Waals surface area contributed by atoms with Crippen LogP contribution in [0.5, 0.6) is 5.75 Å². The molecule has 172 valence electrons. The zero-order valence-electron chi connectivity index (χ0n) is 18.8. The zero-order valence-corrected chi connectivity index (χ0v) is 19.7. The Morgan fingerprint density at radius 3 is 2.50 bits per heavy atom. The molecule has 0 radical (unpaired) electrons. The molecule has 1 aromatic rings. The molecule has 1 aliphatic carbocycles. The van der Waals surface area contributed by atoms with E-state index in [-0.39, 0.29) is 29.9 Å². The number of hydrogen-bond acceptors (Lipinski definition) is 4. The highest BCUT2D eigenvalue weighted by molar-refractivity contribution is 7.89. The van der Waals surface area contributed by atoms with Gasteiger partial charge in [0.05, 0.1) is 12.4 Å². The van der Waals surface area contributed by atoms with Gasteiger partial charge in [0.2, 0.25) is 10.0 Å². The lowest BCUT2D eigenvalue weighted by Gasteiger charge is -2.29. The minimum Gasteiger partial charge on any atom is -0.490 e. The van der Waals surface area contributed by atoms with Crippen LogP contribution in [0.4, 0.5) is 4.39 Å². The molecule has 0 unspecified atom stereocenters. The Morgan fingerprint density at radius 2 is 1.93 bits per heavy atom. The van der Waals surface area contributed by atoms with E-state index in [1.54, 1.807) is 6.92 Å². The van der Waals surface area contributed by atoms with Crippen LogP contribution in [-0.4, -0.2) is 32.4 Å². The second kappa shape index (κ2) is 10.4. The van der Waals surface area contributed by atoms with Gasteiger partial charge in [-0.3, -0.25) is 0 Å². The van der Waals surface area contributed by atoms with Crippen molar-refractivity contribution in [3.63, 3.8) is 0 Å². The molecule has 0 saturated heterocycles. The van der Waals surface area contributed by atoms with E-state index in [1.807, 2.05) is 0 Å². The van der Waals surface area contributed by atoms with Crippen molar-refractivity contribution in [2.75, 3.05) is 18.9 Å². The number of aliphatic hydroxyl groups is 1. The third-order valence-electron chi connectivity index (χ3n) is 5.93. The molecule has 2 rings (SSSR count). The largest absolute Gasteiger partial charge is 0.490 e. The summed E-state index contributed by atoms with van der Waals surface area (Å²) in [6.45, 7) is 8.48. The van der Waals surface area contributed by atoms with Crippen LogP contribution in [0.3, 0.4) is 0 Å². The van der Waals surface area contributed by atoms with E-state index in [4.69, 9.17) is 4.74 Å². The first-order valence-corrected chi connectivity index (χ1v) is 12.7. The predicted octanol–water partition coefficient (Wildman–Crippen LogP) is 4.74. The van der Waals surface area contributed by atoms with E-state index in [0.29, 0.717) is 24.5 Å². The number of nitrogens with one attached hydrogen (secondary N) is 1. The fraction of sp³-hybridized carbons (Fsp3) is 0.739. The average Bonchev–Trinajstić information content (AvgIpc) is 2.63. The first kappa shape index (κ1) is 25.1. The molecule has 0 amide bonds. The van der Waals surface area contributed by atoms with Crippen LogP contribution in [0.2, 0.25) is 0 Å². The van der Waals surface area contributed by atoms with Crippen molar-refractivity contribution < 1.29 is 22.7 Å². The summed E-state index contributed by atoms with van der Waals surface area (Å²) in [6, 6.07) is 4.26. The van der Waals surface area contributed by atoms with Gasteiger partial charge in [0.15, 0.2) is 11.6 Å². The minimum absolute atomic E-state index is 0.0298. The lowest BCUT2D eigenvalue weighted by molar-refractivity contribution is 0.0375. The second-order valence-electron chi connectivity index (χ2n) is 9.80. The first-order chi connectivity index (χ1) is 13.9. The zero-order chi connectivity index (χ0) is 22.4. The molecular formula is C23H38FNO4S. The Balaban J connectivity index is 1.96. The van der Waals surface area contributed by atoms with E-state index < -0.39 is 21.4 Å². The summed E-state index contributed by atoms with van der Waals surface area (Å²) in [4.78, 5) is 0. The second-order valence-corrected chi connectivity index (χ2v) is 11.7. The number of unbranched alkanes of at least 4 members (excludes halogenated alkanes) is 1. The third kappa shape index (κ3) is 7.82. The quantitative estimate of drug-likeness (QED) is 0.458. The molecule has 1 saturated carbocycles. The Hall–Kier alpha value is -1.18. The summed E-state index contributed by atoms with van der Waals surface area (Å²) in [5, 5.41) is 11.1. The van der Waals surface area contributed by atoms with Gasteiger partial charge in [0, 0.05) is 6.54 Å². The van der Waals surface area contributed by atoms with Gasteiger partial charge in [-0.15, -0.1) is 0 Å². The summed E-state index contributed by atoms with van der Waals surface area (Å²) in [6.07, 6.45) is 6.03. The highest BCUT2D eigenvalue weighted by atomic mass is 32.2. The first-order valence-electron chi connectivity index (χ1n) is 11.1. The summed E-state index contributed by atoms with van der Waals surface area (Å²) < 4.78 is 47.1. The minimum atomic E-state index is -3.50. The number of rotatable bonds is 12. The molecular weight excluding hydrogens is 405 g/mol. The third-order valence-corrected chi connectivity index (χ3v) is 7.34. The molecule has 1 aromatic carbocycles. The van der Waals surface area contributed by atoms with Crippen molar-refractivity contribution in [3.05, 3.63) is 29.6 Å². The van der Waals surface area contributed by atoms with Gasteiger partial charge in [-0.05, 0) is 61.1 Å². The van der Waals surface area contributed by atoms with E-state index >= 15 is 0 Å². The number of ether oxygens (including phenoxy) is 1. The molecule has 5 nitrogen and oxygen atoms in total. The van der Waals surface area contributed by atoms with Crippen LogP contribution in [0.1, 0.15) is 78.2 Å². The van der Waals surface area contributed by atoms with Gasteiger partial charge in [0.1, 0.15) is 5.60 Å². The van der Waals surface area contributed by atoms with Gasteiger partial charge in [-0.1, -0.05) is 46.6 Å². The average molecular weight is 444 g/mol. The molecule has 1 atom stereocenters. The Bertz CT molecular complexity index is 787. The highest BCUT2D eigenvalue weighted by Crippen LogP contribution is 2.31. The molecule has 0 spiro atoms. The van der Waals surface area contributed by atoms with Crippen molar-refractivity contribution in [2.45, 2.75) is 78.2 Å². The number of benzene rings is 1. The molecule has 0 heterocycles. The summed E-state index contributed by atoms with van der Waals surface area (Å²) >= 11 is 0. The van der Waals surface area contributed by atoms with Crippen LogP contribution >= 0.6 is 0 Å². The van der Waals surface area contributed by atoms with Gasteiger partial charge in [-0.25, -0.2) is 17.5 Å². The molecule has 7 heteroatoms. The van der Waals surface area contributed by atoms with Crippen molar-refractivity contribution >= 4 is 10.0 Å². The smallest absolute Gasteiger partial charge is 0.211 e. The molecule has 30 heavy (non-hydrogen) atoms. The Kier molecular flexibility index (Phi) is 8.71. The summed E-state index contributed by atoms with van der Waals surface area (Å²) in [5.41, 5.74) is -0.799. The van der Waals surface area contributed by atoms with Crippen LogP contribution < -0.4 is 9.46 Å². The molecule has 0 aliphatic heterocycles. The fourth-order valence-corrected chi connectivity index (χ4v) is 4.64. The van der Waals surface area contributed by atoms with E-state index in [2.05, 4.69) is 25.5 Å². The van der Waals surface area contributed by atoms with Crippen molar-refractivity contribution in [1.29, 1.82) is 0 Å². The maximum Gasteiger partial charge on any atom is 0.211 e. The topological polar surface area (TPSA) is 75.6 Å². The highest BCUT2D eigenvalue weighted by Gasteiger charge is 2.30. The van der Waals surface area contributed by atoms with Crippen molar-refractivity contribution in [3.8, 4) is 5.75 Å². The van der Waals surface area contributed by atoms with Gasteiger partial charge in [0.25, 0.3) is 0 Å². The van der Waals surface area contributed by atoms with E-state index in [1.165, 1.54) is 24.6 Å². The maximum absolute atomic E-state index is 14.1. The number of hydrogen-bond donors (Lipinski definition) is 2. The predicted molar refractivity (Wildman–Crippen MR) is 119 cm³/mol. The molecule has 2 N–H and O–H groups in total. The molecule has 1 fully saturated rings. The number of sulfonamides is 1. The van der Waals surface area contributed by atoms with E-state index in [0.717, 1.165) is 25.7 Å². The van der Waals surface area contributed by atoms with Gasteiger partial charge < -0.3 is 9.84 Å². The SMILES string of the molecule is CC[C@@](O)(CNS(=O)(=O)CCCCC(C)(C)C)c1ccc(F)c(OCC2CCC2)c1. The summed E-state index contributed by atoms with van der Waals surface area (Å²) in [7, 11) is -3.50. The Labute approximate surface area is 181 Å². The summed E-state index contributed by atoms with van der Waals surface area (Å²) in [5.74, 6) is 0.123. The van der Waals surface area contributed by atoms with Crippen molar-refractivity contribution in [2.24, 2.45) is 11.3 Å². The number of halogens is 1. The normalized spacial score (nSPS) is 17.4. The Morgan fingerprint density at radius 1 is 1.23 bits per heavy atom. The maximum atomic E-state index is 14.1. The molecule has 0 bridgehead atoms. The van der Waals surface area contributed by atoms with Crippen LogP contribution in [-0.2, 0) is 15.6 Å². The van der Waals surface area contributed by atoms with Gasteiger partial charge in [-0.2, -0.15) is 0 Å². The van der Waals surface area contributed by atoms with Crippen LogP contribution in [0.15, 0.2) is 18.2 Å². The van der Waals surface area contributed by atoms with Crippen LogP contribution in [0.25, 0.3) is 0 Å².